The van der Waals surface area contributed by atoms with E-state index in [-0.39, 0.29) is 0 Å². The van der Waals surface area contributed by atoms with Crippen LogP contribution in [0.5, 0.6) is 0 Å². The van der Waals surface area contributed by atoms with Crippen LogP contribution in [0.4, 0.5) is 5.69 Å². The number of aryl methyl sites for hydroxylation is 1. The molecule has 0 aliphatic carbocycles. The molecule has 1 nitrogen and oxygen atoms in total. The molecule has 0 saturated carbocycles. The lowest BCUT2D eigenvalue weighted by Crippen LogP contribution is -2.20. The minimum atomic E-state index is 0.508. The highest BCUT2D eigenvalue weighted by Gasteiger charge is 2.15. The molecule has 0 aliphatic heterocycles. The maximum atomic E-state index is 3.96. The van der Waals surface area contributed by atoms with Gasteiger partial charge >= 0.3 is 0 Å². The van der Waals surface area contributed by atoms with E-state index >= 15 is 0 Å². The third kappa shape index (κ3) is 4.15. The fourth-order valence-corrected chi connectivity index (χ4v) is 4.29. The summed E-state index contributed by atoms with van der Waals surface area (Å²) in [6.07, 6.45) is 4.01. The standard InChI is InChI=1S/C23H32NP/c1-8-18-11-10-17(13-20(18)15(3)4)14-21-16(5)12-22(24(6)7)23(25)19(21)9-2/h8,10-13,15H,1,9,14,25H2,2-7H3. The maximum Gasteiger partial charge on any atom is 0.0439 e. The third-order valence-corrected chi connectivity index (χ3v) is 5.65. The van der Waals surface area contributed by atoms with Crippen molar-refractivity contribution in [3.63, 3.8) is 0 Å². The molecule has 2 aromatic carbocycles. The molecule has 0 heterocycles. The molecule has 0 saturated heterocycles. The zero-order valence-electron chi connectivity index (χ0n) is 16.6. The van der Waals surface area contributed by atoms with Gasteiger partial charge in [0.05, 0.1) is 0 Å². The quantitative estimate of drug-likeness (QED) is 0.622. The van der Waals surface area contributed by atoms with Crippen LogP contribution in [0.15, 0.2) is 30.8 Å². The Kier molecular flexibility index (Phi) is 6.47. The van der Waals surface area contributed by atoms with E-state index in [0.29, 0.717) is 5.92 Å². The highest BCUT2D eigenvalue weighted by Crippen LogP contribution is 2.28. The molecular formula is C23H32NP. The fourth-order valence-electron chi connectivity index (χ4n) is 3.57. The largest absolute Gasteiger partial charge is 0.377 e. The van der Waals surface area contributed by atoms with E-state index in [4.69, 9.17) is 0 Å². The normalized spacial score (nSPS) is 11.0. The first kappa shape index (κ1) is 19.7. The molecule has 1 atom stereocenters. The first-order valence-electron chi connectivity index (χ1n) is 9.13. The lowest BCUT2D eigenvalue weighted by Gasteiger charge is -2.23. The molecule has 0 aromatic heterocycles. The zero-order chi connectivity index (χ0) is 18.7. The second-order valence-electron chi connectivity index (χ2n) is 7.33. The molecule has 0 amide bonds. The van der Waals surface area contributed by atoms with Crippen molar-refractivity contribution in [3.8, 4) is 0 Å². The second kappa shape index (κ2) is 8.19. The van der Waals surface area contributed by atoms with E-state index in [0.717, 1.165) is 12.8 Å². The molecule has 0 N–H and O–H groups in total. The van der Waals surface area contributed by atoms with Gasteiger partial charge in [-0.25, -0.2) is 0 Å². The van der Waals surface area contributed by atoms with Gasteiger partial charge in [-0.1, -0.05) is 51.6 Å². The van der Waals surface area contributed by atoms with Gasteiger partial charge in [0.1, 0.15) is 0 Å². The second-order valence-corrected chi connectivity index (χ2v) is 7.91. The van der Waals surface area contributed by atoms with Crippen molar-refractivity contribution in [3.05, 3.63) is 64.2 Å². The van der Waals surface area contributed by atoms with Crippen LogP contribution in [0.3, 0.4) is 0 Å². The number of anilines is 1. The van der Waals surface area contributed by atoms with Gasteiger partial charge in [0.15, 0.2) is 0 Å². The van der Waals surface area contributed by atoms with Crippen LogP contribution >= 0.6 is 9.24 Å². The van der Waals surface area contributed by atoms with Crippen LogP contribution in [0, 0.1) is 6.92 Å². The molecule has 2 heteroatoms. The van der Waals surface area contributed by atoms with Crippen LogP contribution < -0.4 is 10.2 Å². The molecule has 25 heavy (non-hydrogen) atoms. The predicted octanol–water partition coefficient (Wildman–Crippen LogP) is 5.48. The Morgan fingerprint density at radius 3 is 2.36 bits per heavy atom. The van der Waals surface area contributed by atoms with Crippen molar-refractivity contribution in [2.45, 2.75) is 46.5 Å². The van der Waals surface area contributed by atoms with E-state index in [1.165, 1.54) is 44.4 Å². The molecular weight excluding hydrogens is 321 g/mol. The summed E-state index contributed by atoms with van der Waals surface area (Å²) in [7, 11) is 7.20. The van der Waals surface area contributed by atoms with Crippen molar-refractivity contribution in [1.82, 2.24) is 0 Å². The fraction of sp³-hybridized carbons (Fsp3) is 0.391. The molecule has 134 valence electrons. The topological polar surface area (TPSA) is 3.24 Å². The van der Waals surface area contributed by atoms with Gasteiger partial charge in [-0.15, -0.1) is 9.24 Å². The van der Waals surface area contributed by atoms with Crippen molar-refractivity contribution in [2.24, 2.45) is 0 Å². The maximum absolute atomic E-state index is 3.96. The summed E-state index contributed by atoms with van der Waals surface area (Å²) in [4.78, 5) is 2.20. The van der Waals surface area contributed by atoms with Gasteiger partial charge < -0.3 is 4.90 Å². The lowest BCUT2D eigenvalue weighted by molar-refractivity contribution is 0.860. The Labute approximate surface area is 156 Å². The van der Waals surface area contributed by atoms with Gasteiger partial charge in [0, 0.05) is 19.8 Å². The van der Waals surface area contributed by atoms with Crippen molar-refractivity contribution in [2.75, 3.05) is 19.0 Å². The Morgan fingerprint density at radius 1 is 1.16 bits per heavy atom. The van der Waals surface area contributed by atoms with E-state index in [9.17, 15) is 0 Å². The van der Waals surface area contributed by atoms with Crippen LogP contribution in [0.1, 0.15) is 60.1 Å². The predicted molar refractivity (Wildman–Crippen MR) is 118 cm³/mol. The zero-order valence-corrected chi connectivity index (χ0v) is 17.8. The van der Waals surface area contributed by atoms with E-state index in [1.54, 1.807) is 0 Å². The van der Waals surface area contributed by atoms with Gasteiger partial charge in [-0.3, -0.25) is 0 Å². The number of hydrogen-bond donors (Lipinski definition) is 0. The number of hydrogen-bond acceptors (Lipinski definition) is 1. The van der Waals surface area contributed by atoms with Crippen molar-refractivity contribution >= 4 is 26.3 Å². The van der Waals surface area contributed by atoms with E-state index in [1.807, 2.05) is 6.08 Å². The van der Waals surface area contributed by atoms with Crippen molar-refractivity contribution < 1.29 is 0 Å². The molecule has 0 aliphatic rings. The molecule has 0 fully saturated rings. The number of benzene rings is 2. The van der Waals surface area contributed by atoms with Gasteiger partial charge in [-0.05, 0) is 70.4 Å². The van der Waals surface area contributed by atoms with Crippen LogP contribution in [0.2, 0.25) is 0 Å². The van der Waals surface area contributed by atoms with E-state index < -0.39 is 0 Å². The molecule has 2 aromatic rings. The first-order chi connectivity index (χ1) is 11.8. The van der Waals surface area contributed by atoms with Crippen LogP contribution in [-0.2, 0) is 12.8 Å². The molecule has 0 bridgehead atoms. The summed E-state index contributed by atoms with van der Waals surface area (Å²) in [5.41, 5.74) is 9.64. The third-order valence-electron chi connectivity index (χ3n) is 5.00. The number of rotatable bonds is 6. The molecule has 2 rings (SSSR count). The minimum Gasteiger partial charge on any atom is -0.377 e. The highest BCUT2D eigenvalue weighted by atomic mass is 31.0. The summed E-state index contributed by atoms with van der Waals surface area (Å²) in [6, 6.07) is 9.15. The average molecular weight is 353 g/mol. The van der Waals surface area contributed by atoms with Gasteiger partial charge in [0.2, 0.25) is 0 Å². The van der Waals surface area contributed by atoms with Gasteiger partial charge in [-0.2, -0.15) is 0 Å². The SMILES string of the molecule is C=Cc1ccc(Cc2c(C)cc(N(C)C)c(P)c2CC)cc1C(C)C. The molecule has 1 unspecified atom stereocenters. The molecule has 0 spiro atoms. The lowest BCUT2D eigenvalue weighted by atomic mass is 9.89. The first-order valence-corrected chi connectivity index (χ1v) is 9.71. The summed E-state index contributed by atoms with van der Waals surface area (Å²) in [6.45, 7) is 13.0. The Balaban J connectivity index is 2.52. The van der Waals surface area contributed by atoms with Crippen LogP contribution in [-0.4, -0.2) is 14.1 Å². The summed E-state index contributed by atoms with van der Waals surface area (Å²) < 4.78 is 0. The van der Waals surface area contributed by atoms with E-state index in [2.05, 4.69) is 86.8 Å². The molecule has 0 radical (unpaired) electrons. The average Bonchev–Trinajstić information content (AvgIpc) is 2.57. The Hall–Kier alpha value is -1.59. The smallest absolute Gasteiger partial charge is 0.0439 e. The minimum absolute atomic E-state index is 0.508. The summed E-state index contributed by atoms with van der Waals surface area (Å²) in [5, 5.41) is 1.33. The monoisotopic (exact) mass is 353 g/mol. The number of nitrogens with zero attached hydrogens (tertiary/aromatic N) is 1. The Morgan fingerprint density at radius 2 is 1.84 bits per heavy atom. The summed E-state index contributed by atoms with van der Waals surface area (Å²) in [5.74, 6) is 0.508. The van der Waals surface area contributed by atoms with Gasteiger partial charge in [0.25, 0.3) is 0 Å². The Bertz CT molecular complexity index is 772. The van der Waals surface area contributed by atoms with Crippen molar-refractivity contribution in [1.29, 1.82) is 0 Å². The summed E-state index contributed by atoms with van der Waals surface area (Å²) >= 11 is 0. The highest BCUT2D eigenvalue weighted by molar-refractivity contribution is 7.28. The van der Waals surface area contributed by atoms with Crippen LogP contribution in [0.25, 0.3) is 6.08 Å².